The Hall–Kier alpha value is -2.60. The number of aliphatic hydroxyl groups excluding tert-OH is 1. The van der Waals surface area contributed by atoms with Crippen LogP contribution in [0.15, 0.2) is 48.7 Å². The van der Waals surface area contributed by atoms with Crippen LogP contribution in [0.4, 0.5) is 0 Å². The van der Waals surface area contributed by atoms with Crippen LogP contribution >= 0.6 is 0 Å². The predicted molar refractivity (Wildman–Crippen MR) is 91.0 cm³/mol. The van der Waals surface area contributed by atoms with Crippen molar-refractivity contribution in [2.75, 3.05) is 6.54 Å². The van der Waals surface area contributed by atoms with Gasteiger partial charge in [-0.15, -0.1) is 0 Å². The summed E-state index contributed by atoms with van der Waals surface area (Å²) < 4.78 is 1.82. The van der Waals surface area contributed by atoms with Crippen molar-refractivity contribution < 1.29 is 14.7 Å². The summed E-state index contributed by atoms with van der Waals surface area (Å²) in [6.07, 6.45) is 1.50. The number of aliphatic hydroxyl groups is 1. The lowest BCUT2D eigenvalue weighted by molar-refractivity contribution is -0.139. The van der Waals surface area contributed by atoms with Gasteiger partial charge >= 0.3 is 11.8 Å². The molecule has 0 fully saturated rings. The molecule has 0 bridgehead atoms. The van der Waals surface area contributed by atoms with Crippen LogP contribution in [-0.4, -0.2) is 28.0 Å². The highest BCUT2D eigenvalue weighted by molar-refractivity contribution is 6.35. The van der Waals surface area contributed by atoms with Gasteiger partial charge in [-0.3, -0.25) is 9.59 Å². The molecule has 0 aliphatic rings. The first-order valence-corrected chi connectivity index (χ1v) is 7.92. The third-order valence-corrected chi connectivity index (χ3v) is 3.88. The fourth-order valence-corrected chi connectivity index (χ4v) is 2.46. The summed E-state index contributed by atoms with van der Waals surface area (Å²) in [5.41, 5.74) is 1.70. The molecule has 6 heteroatoms. The molecule has 0 unspecified atom stereocenters. The molecule has 0 saturated carbocycles. The van der Waals surface area contributed by atoms with Gasteiger partial charge in [-0.05, 0) is 31.0 Å². The number of hydrogen-bond donors (Lipinski definition) is 3. The van der Waals surface area contributed by atoms with E-state index in [-0.39, 0.29) is 12.6 Å². The van der Waals surface area contributed by atoms with Gasteiger partial charge in [0.25, 0.3) is 0 Å². The summed E-state index contributed by atoms with van der Waals surface area (Å²) in [6.45, 7) is 2.04. The van der Waals surface area contributed by atoms with Gasteiger partial charge in [0.15, 0.2) is 0 Å². The third-order valence-electron chi connectivity index (χ3n) is 3.88. The van der Waals surface area contributed by atoms with Crippen molar-refractivity contribution in [1.29, 1.82) is 0 Å². The Bertz CT molecular complexity index is 682. The smallest absolute Gasteiger partial charge is 0.309 e. The molecule has 0 aliphatic carbocycles. The van der Waals surface area contributed by atoms with Crippen molar-refractivity contribution in [3.8, 4) is 0 Å². The molecule has 3 N–H and O–H groups in total. The van der Waals surface area contributed by atoms with Crippen LogP contribution in [0.3, 0.4) is 0 Å². The number of rotatable bonds is 6. The van der Waals surface area contributed by atoms with Gasteiger partial charge in [-0.2, -0.15) is 0 Å². The zero-order chi connectivity index (χ0) is 17.5. The van der Waals surface area contributed by atoms with Crippen LogP contribution in [0.5, 0.6) is 0 Å². The SMILES string of the molecule is C[C@@H](NC(=O)C(=O)NCC[C@H](O)c1cccn1C)c1ccccc1. The minimum absolute atomic E-state index is 0.221. The van der Waals surface area contributed by atoms with E-state index in [1.54, 1.807) is 0 Å². The predicted octanol–water partition coefficient (Wildman–Crippen LogP) is 1.44. The van der Waals surface area contributed by atoms with Crippen LogP contribution in [-0.2, 0) is 16.6 Å². The lowest BCUT2D eigenvalue weighted by atomic mass is 10.1. The Morgan fingerprint density at radius 1 is 1.12 bits per heavy atom. The van der Waals surface area contributed by atoms with E-state index in [1.807, 2.05) is 67.2 Å². The molecule has 2 atom stereocenters. The monoisotopic (exact) mass is 329 g/mol. The Morgan fingerprint density at radius 3 is 2.46 bits per heavy atom. The van der Waals surface area contributed by atoms with Crippen molar-refractivity contribution in [2.45, 2.75) is 25.5 Å². The molecule has 1 heterocycles. The van der Waals surface area contributed by atoms with Gasteiger partial charge in [0.05, 0.1) is 12.1 Å². The summed E-state index contributed by atoms with van der Waals surface area (Å²) in [7, 11) is 1.84. The first-order valence-electron chi connectivity index (χ1n) is 7.92. The Kier molecular flexibility index (Phi) is 6.14. The molecule has 0 radical (unpaired) electrons. The van der Waals surface area contributed by atoms with E-state index in [1.165, 1.54) is 0 Å². The number of aromatic nitrogens is 1. The number of nitrogens with one attached hydrogen (secondary N) is 2. The zero-order valence-electron chi connectivity index (χ0n) is 13.9. The molecule has 2 amide bonds. The molecule has 6 nitrogen and oxygen atoms in total. The normalized spacial score (nSPS) is 13.1. The maximum Gasteiger partial charge on any atom is 0.309 e. The topological polar surface area (TPSA) is 83.4 Å². The number of benzene rings is 1. The summed E-state index contributed by atoms with van der Waals surface area (Å²) in [4.78, 5) is 23.7. The van der Waals surface area contributed by atoms with Crippen LogP contribution in [0, 0.1) is 0 Å². The standard InChI is InChI=1S/C18H23N3O3/c1-13(14-7-4-3-5-8-14)20-18(24)17(23)19-11-10-16(22)15-9-6-12-21(15)2/h3-9,12-13,16,22H,10-11H2,1-2H3,(H,19,23)(H,20,24)/t13-,16+/m1/s1. The minimum Gasteiger partial charge on any atom is -0.387 e. The largest absolute Gasteiger partial charge is 0.387 e. The van der Waals surface area contributed by atoms with Gasteiger partial charge in [-0.1, -0.05) is 30.3 Å². The summed E-state index contributed by atoms with van der Waals surface area (Å²) in [5.74, 6) is -1.38. The fraction of sp³-hybridized carbons (Fsp3) is 0.333. The van der Waals surface area contributed by atoms with Crippen LogP contribution in [0.25, 0.3) is 0 Å². The van der Waals surface area contributed by atoms with Gasteiger partial charge in [0.1, 0.15) is 0 Å². The number of nitrogens with zero attached hydrogens (tertiary/aromatic N) is 1. The van der Waals surface area contributed by atoms with Gasteiger partial charge < -0.3 is 20.3 Å². The van der Waals surface area contributed by atoms with Crippen molar-refractivity contribution in [1.82, 2.24) is 15.2 Å². The van der Waals surface area contributed by atoms with E-state index >= 15 is 0 Å². The second kappa shape index (κ2) is 8.31. The molecule has 24 heavy (non-hydrogen) atoms. The highest BCUT2D eigenvalue weighted by Gasteiger charge is 2.17. The lowest BCUT2D eigenvalue weighted by Gasteiger charge is -2.15. The Morgan fingerprint density at radius 2 is 1.83 bits per heavy atom. The molecule has 0 saturated heterocycles. The first-order chi connectivity index (χ1) is 11.5. The number of amides is 2. The quantitative estimate of drug-likeness (QED) is 0.701. The number of carbonyl (C=O) groups is 2. The molecule has 0 spiro atoms. The fourth-order valence-electron chi connectivity index (χ4n) is 2.46. The Balaban J connectivity index is 1.76. The molecular formula is C18H23N3O3. The van der Waals surface area contributed by atoms with E-state index in [9.17, 15) is 14.7 Å². The molecule has 1 aromatic heterocycles. The lowest BCUT2D eigenvalue weighted by Crippen LogP contribution is -2.41. The minimum atomic E-state index is -0.697. The first kappa shape index (κ1) is 17.7. The van der Waals surface area contributed by atoms with E-state index in [4.69, 9.17) is 0 Å². The molecule has 2 rings (SSSR count). The van der Waals surface area contributed by atoms with Gasteiger partial charge in [-0.25, -0.2) is 0 Å². The molecular weight excluding hydrogens is 306 g/mol. The van der Waals surface area contributed by atoms with Gasteiger partial charge in [0, 0.05) is 25.5 Å². The van der Waals surface area contributed by atoms with Crippen molar-refractivity contribution in [3.63, 3.8) is 0 Å². The van der Waals surface area contributed by atoms with Crippen molar-refractivity contribution in [3.05, 3.63) is 59.9 Å². The number of carbonyl (C=O) groups excluding carboxylic acids is 2. The van der Waals surface area contributed by atoms with Crippen LogP contribution in [0.1, 0.15) is 36.7 Å². The van der Waals surface area contributed by atoms with Crippen LogP contribution in [0.2, 0.25) is 0 Å². The van der Waals surface area contributed by atoms with E-state index < -0.39 is 17.9 Å². The average Bonchev–Trinajstić information content (AvgIpc) is 3.01. The van der Waals surface area contributed by atoms with E-state index in [2.05, 4.69) is 10.6 Å². The van der Waals surface area contributed by atoms with Crippen molar-refractivity contribution in [2.24, 2.45) is 7.05 Å². The average molecular weight is 329 g/mol. The summed E-state index contributed by atoms with van der Waals surface area (Å²) >= 11 is 0. The second-order valence-electron chi connectivity index (χ2n) is 5.71. The second-order valence-corrected chi connectivity index (χ2v) is 5.71. The summed E-state index contributed by atoms with van der Waals surface area (Å²) in [5, 5.41) is 15.2. The molecule has 2 aromatic rings. The summed E-state index contributed by atoms with van der Waals surface area (Å²) in [6, 6.07) is 12.8. The maximum absolute atomic E-state index is 11.9. The van der Waals surface area contributed by atoms with Crippen LogP contribution < -0.4 is 10.6 Å². The number of aryl methyl sites for hydroxylation is 1. The highest BCUT2D eigenvalue weighted by Crippen LogP contribution is 2.15. The molecule has 0 aliphatic heterocycles. The zero-order valence-corrected chi connectivity index (χ0v) is 13.9. The van der Waals surface area contributed by atoms with Gasteiger partial charge in [0.2, 0.25) is 0 Å². The highest BCUT2D eigenvalue weighted by atomic mass is 16.3. The van der Waals surface area contributed by atoms with E-state index in [0.29, 0.717) is 6.42 Å². The Labute approximate surface area is 141 Å². The number of hydrogen-bond acceptors (Lipinski definition) is 3. The molecule has 128 valence electrons. The maximum atomic E-state index is 11.9. The van der Waals surface area contributed by atoms with E-state index in [0.717, 1.165) is 11.3 Å². The molecule has 1 aromatic carbocycles. The van der Waals surface area contributed by atoms with Crippen molar-refractivity contribution >= 4 is 11.8 Å². The third kappa shape index (κ3) is 4.70.